The summed E-state index contributed by atoms with van der Waals surface area (Å²) in [6.07, 6.45) is -1.73. The Kier molecular flexibility index (Phi) is 6.82. The van der Waals surface area contributed by atoms with Crippen LogP contribution in [0.2, 0.25) is 0 Å². The predicted octanol–water partition coefficient (Wildman–Crippen LogP) is 3.58. The van der Waals surface area contributed by atoms with Gasteiger partial charge in [-0.2, -0.15) is 18.3 Å². The maximum absolute atomic E-state index is 12.8. The number of piperazine rings is 1. The first-order valence-electron chi connectivity index (χ1n) is 10.4. The maximum Gasteiger partial charge on any atom is 0.417 e. The minimum Gasteiger partial charge on any atom is -0.772 e. The van der Waals surface area contributed by atoms with Crippen molar-refractivity contribution in [2.45, 2.75) is 31.4 Å². The van der Waals surface area contributed by atoms with Crippen LogP contribution in [-0.4, -0.2) is 54.5 Å². The van der Waals surface area contributed by atoms with Crippen LogP contribution < -0.4 is 4.90 Å². The SMILES string of the molecule is C[C@@H]1CN(Cc2cn[nH]c2-c2ccc(CS(=O)[O-])cc2)CCN1c1ccc(C(F)(F)F)cn1. The summed E-state index contributed by atoms with van der Waals surface area (Å²) in [7, 11) is 0. The number of hydrogen-bond donors (Lipinski definition) is 1. The number of H-pyrrole nitrogens is 1. The molecule has 7 nitrogen and oxygen atoms in total. The van der Waals surface area contributed by atoms with Gasteiger partial charge in [-0.15, -0.1) is 0 Å². The third-order valence-electron chi connectivity index (χ3n) is 5.72. The minimum atomic E-state index is -4.40. The van der Waals surface area contributed by atoms with Crippen molar-refractivity contribution in [2.75, 3.05) is 24.5 Å². The molecule has 1 unspecified atom stereocenters. The van der Waals surface area contributed by atoms with E-state index in [2.05, 4.69) is 20.1 Å². The van der Waals surface area contributed by atoms with E-state index in [0.29, 0.717) is 18.9 Å². The Labute approximate surface area is 191 Å². The molecule has 0 aliphatic carbocycles. The van der Waals surface area contributed by atoms with Gasteiger partial charge in [0.1, 0.15) is 5.82 Å². The van der Waals surface area contributed by atoms with Gasteiger partial charge in [0.2, 0.25) is 0 Å². The van der Waals surface area contributed by atoms with Crippen molar-refractivity contribution in [3.8, 4) is 11.3 Å². The Morgan fingerprint density at radius 2 is 1.91 bits per heavy atom. The summed E-state index contributed by atoms with van der Waals surface area (Å²) in [5, 5.41) is 7.21. The van der Waals surface area contributed by atoms with Crippen LogP contribution in [0.15, 0.2) is 48.8 Å². The molecule has 1 saturated heterocycles. The molecule has 33 heavy (non-hydrogen) atoms. The number of rotatable bonds is 6. The fourth-order valence-electron chi connectivity index (χ4n) is 4.07. The molecule has 0 radical (unpaired) electrons. The van der Waals surface area contributed by atoms with Crippen LogP contribution in [0.1, 0.15) is 23.6 Å². The van der Waals surface area contributed by atoms with E-state index in [-0.39, 0.29) is 11.8 Å². The molecule has 4 rings (SSSR count). The molecule has 1 fully saturated rings. The first-order chi connectivity index (χ1) is 15.7. The largest absolute Gasteiger partial charge is 0.772 e. The van der Waals surface area contributed by atoms with Gasteiger partial charge < -0.3 is 9.45 Å². The van der Waals surface area contributed by atoms with E-state index in [1.807, 2.05) is 24.0 Å². The fourth-order valence-corrected chi connectivity index (χ4v) is 4.53. The minimum absolute atomic E-state index is 0.0218. The van der Waals surface area contributed by atoms with Crippen LogP contribution in [0, 0.1) is 0 Å². The van der Waals surface area contributed by atoms with E-state index in [9.17, 15) is 21.9 Å². The topological polar surface area (TPSA) is 88.2 Å². The fraction of sp³-hybridized carbons (Fsp3) is 0.364. The quantitative estimate of drug-likeness (QED) is 0.545. The summed E-state index contributed by atoms with van der Waals surface area (Å²) < 4.78 is 60.2. The second-order valence-electron chi connectivity index (χ2n) is 8.10. The molecule has 1 aliphatic rings. The Morgan fingerprint density at radius 3 is 2.52 bits per heavy atom. The van der Waals surface area contributed by atoms with E-state index in [4.69, 9.17) is 0 Å². The van der Waals surface area contributed by atoms with E-state index < -0.39 is 22.8 Å². The molecule has 0 bridgehead atoms. The van der Waals surface area contributed by atoms with Gasteiger partial charge in [0.25, 0.3) is 0 Å². The molecule has 176 valence electrons. The zero-order chi connectivity index (χ0) is 23.6. The summed E-state index contributed by atoms with van der Waals surface area (Å²) in [4.78, 5) is 8.32. The summed E-state index contributed by atoms with van der Waals surface area (Å²) in [6, 6.07) is 9.88. The van der Waals surface area contributed by atoms with Crippen molar-refractivity contribution >= 4 is 16.9 Å². The Hall–Kier alpha value is -2.76. The standard InChI is InChI=1S/C22H24F3N5O2S/c1-15-12-29(8-9-30(15)20-7-6-19(11-26-20)22(23,24)25)13-18-10-27-28-21(18)17-4-2-16(3-5-17)14-33(31)32/h2-7,10-11,15H,8-9,12-14H2,1H3,(H,27,28)(H,31,32)/p-1/t15-/m1/s1. The molecule has 11 heteroatoms. The number of aromatic amines is 1. The lowest BCUT2D eigenvalue weighted by Crippen LogP contribution is -2.51. The van der Waals surface area contributed by atoms with Gasteiger partial charge in [-0.25, -0.2) is 4.98 Å². The molecule has 0 spiro atoms. The van der Waals surface area contributed by atoms with Gasteiger partial charge in [-0.1, -0.05) is 35.3 Å². The summed E-state index contributed by atoms with van der Waals surface area (Å²) >= 11 is -2.13. The van der Waals surface area contributed by atoms with Crippen molar-refractivity contribution in [3.63, 3.8) is 0 Å². The van der Waals surface area contributed by atoms with Crippen molar-refractivity contribution in [2.24, 2.45) is 0 Å². The molecule has 3 heterocycles. The molecule has 0 amide bonds. The monoisotopic (exact) mass is 478 g/mol. The third kappa shape index (κ3) is 5.60. The van der Waals surface area contributed by atoms with Crippen LogP contribution in [0.5, 0.6) is 0 Å². The number of halogens is 3. The van der Waals surface area contributed by atoms with E-state index in [1.54, 1.807) is 18.3 Å². The number of aromatic nitrogens is 3. The average molecular weight is 479 g/mol. The van der Waals surface area contributed by atoms with E-state index in [0.717, 1.165) is 47.7 Å². The lowest BCUT2D eigenvalue weighted by Gasteiger charge is -2.40. The molecule has 1 N–H and O–H groups in total. The highest BCUT2D eigenvalue weighted by Gasteiger charge is 2.31. The van der Waals surface area contributed by atoms with Gasteiger partial charge in [0, 0.05) is 49.7 Å². The van der Waals surface area contributed by atoms with Gasteiger partial charge in [-0.3, -0.25) is 14.2 Å². The van der Waals surface area contributed by atoms with Crippen LogP contribution in [0.25, 0.3) is 11.3 Å². The van der Waals surface area contributed by atoms with E-state index >= 15 is 0 Å². The first-order valence-corrected chi connectivity index (χ1v) is 11.6. The van der Waals surface area contributed by atoms with Gasteiger partial charge in [0.05, 0.1) is 17.5 Å². The summed E-state index contributed by atoms with van der Waals surface area (Å²) in [5.41, 5.74) is 2.78. The van der Waals surface area contributed by atoms with Gasteiger partial charge >= 0.3 is 6.18 Å². The van der Waals surface area contributed by atoms with Crippen molar-refractivity contribution < 1.29 is 21.9 Å². The predicted molar refractivity (Wildman–Crippen MR) is 118 cm³/mol. The molecule has 0 saturated carbocycles. The molecular weight excluding hydrogens is 455 g/mol. The smallest absolute Gasteiger partial charge is 0.417 e. The second-order valence-corrected chi connectivity index (χ2v) is 8.99. The lowest BCUT2D eigenvalue weighted by molar-refractivity contribution is -0.137. The number of hydrogen-bond acceptors (Lipinski definition) is 6. The third-order valence-corrected chi connectivity index (χ3v) is 6.29. The van der Waals surface area contributed by atoms with Crippen LogP contribution in [-0.2, 0) is 29.6 Å². The maximum atomic E-state index is 12.8. The summed E-state index contributed by atoms with van der Waals surface area (Å²) in [6.45, 7) is 4.79. The second kappa shape index (κ2) is 9.62. The van der Waals surface area contributed by atoms with Gasteiger partial charge in [-0.05, 0) is 30.2 Å². The first kappa shape index (κ1) is 23.4. The van der Waals surface area contributed by atoms with Crippen molar-refractivity contribution in [3.05, 3.63) is 65.5 Å². The molecule has 2 aromatic heterocycles. The number of pyridine rings is 1. The van der Waals surface area contributed by atoms with Crippen LogP contribution >= 0.6 is 0 Å². The highest BCUT2D eigenvalue weighted by atomic mass is 32.2. The van der Waals surface area contributed by atoms with Crippen molar-refractivity contribution in [1.29, 1.82) is 0 Å². The number of nitrogens with one attached hydrogen (secondary N) is 1. The normalized spacial score (nSPS) is 18.5. The average Bonchev–Trinajstić information content (AvgIpc) is 3.21. The molecule has 2 atom stereocenters. The van der Waals surface area contributed by atoms with E-state index in [1.165, 1.54) is 6.07 Å². The Bertz CT molecular complexity index is 1100. The van der Waals surface area contributed by atoms with Crippen molar-refractivity contribution in [1.82, 2.24) is 20.1 Å². The Morgan fingerprint density at radius 1 is 1.15 bits per heavy atom. The van der Waals surface area contributed by atoms with Crippen LogP contribution in [0.4, 0.5) is 19.0 Å². The highest BCUT2D eigenvalue weighted by Crippen LogP contribution is 2.30. The zero-order valence-corrected chi connectivity index (χ0v) is 18.7. The van der Waals surface area contributed by atoms with Crippen LogP contribution in [0.3, 0.4) is 0 Å². The molecule has 1 aliphatic heterocycles. The summed E-state index contributed by atoms with van der Waals surface area (Å²) in [5.74, 6) is 0.518. The molecular formula is C22H23F3N5O2S-. The molecule has 1 aromatic carbocycles. The molecule has 3 aromatic rings. The zero-order valence-electron chi connectivity index (χ0n) is 17.9. The number of anilines is 1. The van der Waals surface area contributed by atoms with Gasteiger partial charge in [0.15, 0.2) is 0 Å². The Balaban J connectivity index is 1.40. The lowest BCUT2D eigenvalue weighted by atomic mass is 10.1. The number of nitrogens with zero attached hydrogens (tertiary/aromatic N) is 4. The number of benzene rings is 1. The number of alkyl halides is 3. The highest BCUT2D eigenvalue weighted by molar-refractivity contribution is 7.78.